The molecule has 2 heterocycles. The van der Waals surface area contributed by atoms with Crippen LogP contribution in [0.2, 0.25) is 0 Å². The third-order valence-electron chi connectivity index (χ3n) is 5.84. The van der Waals surface area contributed by atoms with E-state index in [1.165, 1.54) is 39.5 Å². The molecule has 9 nitrogen and oxygen atoms in total. The molecular formula is C27H28O9S2. The lowest BCUT2D eigenvalue weighted by molar-refractivity contribution is -0.237. The van der Waals surface area contributed by atoms with Gasteiger partial charge < -0.3 is 23.7 Å². The van der Waals surface area contributed by atoms with Crippen molar-refractivity contribution in [2.24, 2.45) is 0 Å². The molecule has 4 rings (SSSR count). The fourth-order valence-corrected chi connectivity index (χ4v) is 7.28. The van der Waals surface area contributed by atoms with Crippen LogP contribution in [0.3, 0.4) is 0 Å². The van der Waals surface area contributed by atoms with E-state index < -0.39 is 53.7 Å². The summed E-state index contributed by atoms with van der Waals surface area (Å²) in [4.78, 5) is 50.1. The maximum Gasteiger partial charge on any atom is 0.303 e. The molecule has 0 radical (unpaired) electrons. The summed E-state index contributed by atoms with van der Waals surface area (Å²) in [6, 6.07) is 16.0. The van der Waals surface area contributed by atoms with Crippen LogP contribution in [0.5, 0.6) is 0 Å². The zero-order chi connectivity index (χ0) is 27.4. The van der Waals surface area contributed by atoms with Gasteiger partial charge in [0.25, 0.3) is 0 Å². The van der Waals surface area contributed by atoms with Gasteiger partial charge in [-0.3, -0.25) is 19.2 Å². The van der Waals surface area contributed by atoms with Gasteiger partial charge in [-0.15, -0.1) is 11.8 Å². The zero-order valence-electron chi connectivity index (χ0n) is 21.3. The van der Waals surface area contributed by atoms with Crippen molar-refractivity contribution in [3.8, 4) is 0 Å². The molecule has 2 aliphatic rings. The Labute approximate surface area is 228 Å². The van der Waals surface area contributed by atoms with Crippen molar-refractivity contribution >= 4 is 47.4 Å². The molecule has 0 aliphatic carbocycles. The average molecular weight is 561 g/mol. The van der Waals surface area contributed by atoms with E-state index in [2.05, 4.69) is 0 Å². The molecule has 0 amide bonds. The molecule has 2 aliphatic heterocycles. The molecule has 5 atom stereocenters. The Morgan fingerprint density at radius 2 is 1.24 bits per heavy atom. The average Bonchev–Trinajstić information content (AvgIpc) is 2.85. The van der Waals surface area contributed by atoms with Gasteiger partial charge in [0.05, 0.1) is 5.25 Å². The van der Waals surface area contributed by atoms with Gasteiger partial charge in [0.15, 0.2) is 18.3 Å². The third kappa shape index (κ3) is 6.51. The second kappa shape index (κ2) is 12.2. The fourth-order valence-electron chi connectivity index (χ4n) is 4.45. The number of carbonyl (C=O) groups excluding carboxylic acids is 4. The molecule has 0 N–H and O–H groups in total. The molecule has 0 bridgehead atoms. The first-order valence-electron chi connectivity index (χ1n) is 12.0. The van der Waals surface area contributed by atoms with Crippen LogP contribution >= 0.6 is 23.5 Å². The summed E-state index contributed by atoms with van der Waals surface area (Å²) in [7, 11) is 0. The van der Waals surface area contributed by atoms with E-state index in [0.29, 0.717) is 0 Å². The van der Waals surface area contributed by atoms with Gasteiger partial charge in [-0.2, -0.15) is 0 Å². The molecule has 11 heteroatoms. The second-order valence-electron chi connectivity index (χ2n) is 8.76. The largest absolute Gasteiger partial charge is 0.463 e. The molecule has 0 saturated carbocycles. The number of hydrogen-bond donors (Lipinski definition) is 0. The summed E-state index contributed by atoms with van der Waals surface area (Å²) in [5.41, 5.74) is 1.23. The summed E-state index contributed by atoms with van der Waals surface area (Å²) >= 11 is 3.05. The van der Waals surface area contributed by atoms with Crippen LogP contribution in [0, 0.1) is 0 Å². The molecular weight excluding hydrogens is 532 g/mol. The van der Waals surface area contributed by atoms with E-state index in [1.807, 2.05) is 48.5 Å². The fraction of sp³-hybridized carbons (Fsp3) is 0.407. The normalized spacial score (nSPS) is 24.4. The number of fused-ring (bicyclic) bond motifs is 2. The highest BCUT2D eigenvalue weighted by atomic mass is 32.2. The molecule has 2 aromatic rings. The molecule has 202 valence electrons. The quantitative estimate of drug-likeness (QED) is 0.361. The Morgan fingerprint density at radius 3 is 1.76 bits per heavy atom. The lowest BCUT2D eigenvalue weighted by atomic mass is 9.99. The maximum atomic E-state index is 12.2. The molecule has 0 unspecified atom stereocenters. The lowest BCUT2D eigenvalue weighted by Crippen LogP contribution is -2.61. The van der Waals surface area contributed by atoms with E-state index in [1.54, 1.807) is 11.8 Å². The van der Waals surface area contributed by atoms with Crippen LogP contribution in [0.15, 0.2) is 58.3 Å². The first-order valence-corrected chi connectivity index (χ1v) is 13.7. The SMILES string of the molecule is CC(=O)OC[C@H]1O[C@@H](SC2c3ccccc3Sc3ccccc32)[C@H](OC(C)=O)[C@@H](OC(C)=O)[C@@H]1OC(C)=O. The summed E-state index contributed by atoms with van der Waals surface area (Å²) in [5, 5.41) is -0.218. The highest BCUT2D eigenvalue weighted by Gasteiger charge is 2.53. The van der Waals surface area contributed by atoms with Gasteiger partial charge in [0, 0.05) is 37.5 Å². The zero-order valence-corrected chi connectivity index (χ0v) is 22.9. The lowest BCUT2D eigenvalue weighted by Gasteiger charge is -2.45. The molecule has 0 aromatic heterocycles. The predicted molar refractivity (Wildman–Crippen MR) is 138 cm³/mol. The Kier molecular flexibility index (Phi) is 9.01. The van der Waals surface area contributed by atoms with Crippen molar-refractivity contribution in [1.82, 2.24) is 0 Å². The van der Waals surface area contributed by atoms with Crippen molar-refractivity contribution in [2.45, 2.75) is 72.6 Å². The van der Waals surface area contributed by atoms with Gasteiger partial charge in [0.1, 0.15) is 18.1 Å². The van der Waals surface area contributed by atoms with Crippen LogP contribution < -0.4 is 0 Å². The van der Waals surface area contributed by atoms with Crippen molar-refractivity contribution in [3.05, 3.63) is 59.7 Å². The molecule has 0 spiro atoms. The van der Waals surface area contributed by atoms with E-state index >= 15 is 0 Å². The first kappa shape index (κ1) is 28.0. The van der Waals surface area contributed by atoms with E-state index in [-0.39, 0.29) is 11.9 Å². The Balaban J connectivity index is 1.76. The van der Waals surface area contributed by atoms with E-state index in [4.69, 9.17) is 23.7 Å². The van der Waals surface area contributed by atoms with Gasteiger partial charge in [-0.05, 0) is 23.3 Å². The predicted octanol–water partition coefficient (Wildman–Crippen LogP) is 4.06. The Hall–Kier alpha value is -3.02. The topological polar surface area (TPSA) is 114 Å². The van der Waals surface area contributed by atoms with Crippen molar-refractivity contribution in [1.29, 1.82) is 0 Å². The van der Waals surface area contributed by atoms with E-state index in [9.17, 15) is 19.2 Å². The summed E-state index contributed by atoms with van der Waals surface area (Å²) < 4.78 is 28.3. The monoisotopic (exact) mass is 560 g/mol. The van der Waals surface area contributed by atoms with Gasteiger partial charge in [-0.1, -0.05) is 48.2 Å². The maximum absolute atomic E-state index is 12.2. The summed E-state index contributed by atoms with van der Waals surface area (Å²) in [6.45, 7) is 4.62. The number of hydrogen-bond acceptors (Lipinski definition) is 11. The van der Waals surface area contributed by atoms with Crippen LogP contribution in [-0.2, 0) is 42.9 Å². The van der Waals surface area contributed by atoms with Crippen LogP contribution in [-0.4, -0.2) is 60.3 Å². The number of carbonyl (C=O) groups is 4. The van der Waals surface area contributed by atoms with Crippen molar-refractivity contribution in [3.63, 3.8) is 0 Å². The van der Waals surface area contributed by atoms with Crippen LogP contribution in [0.4, 0.5) is 0 Å². The summed E-state index contributed by atoms with van der Waals surface area (Å²) in [5.74, 6) is -2.51. The van der Waals surface area contributed by atoms with Crippen molar-refractivity contribution in [2.75, 3.05) is 6.61 Å². The van der Waals surface area contributed by atoms with E-state index in [0.717, 1.165) is 20.9 Å². The minimum atomic E-state index is -1.20. The highest BCUT2D eigenvalue weighted by molar-refractivity contribution is 8.01. The Bertz CT molecular complexity index is 1170. The summed E-state index contributed by atoms with van der Waals surface area (Å²) in [6.07, 6.45) is -4.48. The minimum absolute atomic E-state index is 0.218. The minimum Gasteiger partial charge on any atom is -0.463 e. The first-order chi connectivity index (χ1) is 18.1. The molecule has 2 aromatic carbocycles. The molecule has 1 saturated heterocycles. The van der Waals surface area contributed by atoms with Gasteiger partial charge in [0.2, 0.25) is 0 Å². The number of ether oxygens (including phenoxy) is 5. The molecule has 38 heavy (non-hydrogen) atoms. The third-order valence-corrected chi connectivity index (χ3v) is 8.45. The van der Waals surface area contributed by atoms with Crippen molar-refractivity contribution < 1.29 is 42.9 Å². The van der Waals surface area contributed by atoms with Crippen LogP contribution in [0.25, 0.3) is 0 Å². The Morgan fingerprint density at radius 1 is 0.737 bits per heavy atom. The second-order valence-corrected chi connectivity index (χ2v) is 11.1. The number of esters is 4. The number of benzene rings is 2. The van der Waals surface area contributed by atoms with Gasteiger partial charge in [-0.25, -0.2) is 0 Å². The highest BCUT2D eigenvalue weighted by Crippen LogP contribution is 2.53. The number of thioether (sulfide) groups is 1. The van der Waals surface area contributed by atoms with Gasteiger partial charge >= 0.3 is 23.9 Å². The molecule has 1 fully saturated rings. The number of rotatable bonds is 7. The smallest absolute Gasteiger partial charge is 0.303 e. The van der Waals surface area contributed by atoms with Crippen LogP contribution in [0.1, 0.15) is 44.1 Å². The standard InChI is InChI=1S/C27H28O9S2/c1-14(28)32-13-20-23(33-15(2)29)24(34-16(3)30)25(35-17(4)31)27(36-20)38-26-18-9-5-7-11-21(18)37-22-12-8-6-10-19(22)26/h5-12,20,23-27H,13H2,1-4H3/t20-,23-,24+,25-,27+/m1/s1.